The number of carbonyl (C=O) groups excluding carboxylic acids is 1. The van der Waals surface area contributed by atoms with E-state index in [-0.39, 0.29) is 17.1 Å². The molecule has 0 aliphatic carbocycles. The van der Waals surface area contributed by atoms with Crippen molar-refractivity contribution in [2.75, 3.05) is 20.8 Å². The predicted octanol–water partition coefficient (Wildman–Crippen LogP) is 1.05. The van der Waals surface area contributed by atoms with Crippen LogP contribution in [0.1, 0.15) is 17.3 Å². The van der Waals surface area contributed by atoms with Gasteiger partial charge in [0.1, 0.15) is 0 Å². The molecular formula is C11H15NO5S. The molecule has 7 heteroatoms. The van der Waals surface area contributed by atoms with E-state index in [0.717, 1.165) is 4.47 Å². The quantitative estimate of drug-likeness (QED) is 0.592. The zero-order valence-corrected chi connectivity index (χ0v) is 11.2. The number of hydrogen-bond acceptors (Lipinski definition) is 5. The van der Waals surface area contributed by atoms with Crippen LogP contribution >= 0.6 is 0 Å². The lowest BCUT2D eigenvalue weighted by Gasteiger charge is -2.14. The molecule has 0 aliphatic rings. The van der Waals surface area contributed by atoms with Crippen molar-refractivity contribution in [2.24, 2.45) is 0 Å². The summed E-state index contributed by atoms with van der Waals surface area (Å²) in [4.78, 5) is 16.1. The fraction of sp³-hybridized carbons (Fsp3) is 0.364. The minimum Gasteiger partial charge on any atom is -0.462 e. The van der Waals surface area contributed by atoms with Crippen molar-refractivity contribution in [3.05, 3.63) is 29.8 Å². The van der Waals surface area contributed by atoms with Gasteiger partial charge in [0, 0.05) is 7.05 Å². The number of ether oxygens (including phenoxy) is 1. The molecule has 0 bridgehead atoms. The third kappa shape index (κ3) is 3.06. The second kappa shape index (κ2) is 5.94. The van der Waals surface area contributed by atoms with E-state index < -0.39 is 16.0 Å². The van der Waals surface area contributed by atoms with Gasteiger partial charge < -0.3 is 4.74 Å². The smallest absolute Gasteiger partial charge is 0.338 e. The van der Waals surface area contributed by atoms with E-state index in [1.165, 1.54) is 38.4 Å². The minimum atomic E-state index is -3.76. The summed E-state index contributed by atoms with van der Waals surface area (Å²) >= 11 is 0. The van der Waals surface area contributed by atoms with Gasteiger partial charge in [-0.05, 0) is 25.1 Å². The van der Waals surface area contributed by atoms with Crippen molar-refractivity contribution in [1.82, 2.24) is 4.47 Å². The fourth-order valence-electron chi connectivity index (χ4n) is 1.24. The predicted molar refractivity (Wildman–Crippen MR) is 64.4 cm³/mol. The van der Waals surface area contributed by atoms with Gasteiger partial charge in [0.25, 0.3) is 10.0 Å². The molecule has 1 aromatic rings. The first-order valence-electron chi connectivity index (χ1n) is 5.23. The van der Waals surface area contributed by atoms with Crippen LogP contribution in [0.25, 0.3) is 0 Å². The third-order valence-corrected chi connectivity index (χ3v) is 3.91. The molecule has 0 unspecified atom stereocenters. The average Bonchev–Trinajstić information content (AvgIpc) is 2.38. The summed E-state index contributed by atoms with van der Waals surface area (Å²) in [5.74, 6) is -0.561. The largest absolute Gasteiger partial charge is 0.462 e. The fourth-order valence-corrected chi connectivity index (χ4v) is 2.26. The number of sulfonamides is 1. The molecule has 0 heterocycles. The van der Waals surface area contributed by atoms with Crippen molar-refractivity contribution in [3.63, 3.8) is 0 Å². The Labute approximate surface area is 106 Å². The van der Waals surface area contributed by atoms with Gasteiger partial charge in [-0.3, -0.25) is 4.84 Å². The molecule has 0 atom stereocenters. The van der Waals surface area contributed by atoms with Gasteiger partial charge in [-0.15, -0.1) is 0 Å². The molecule has 1 aromatic carbocycles. The second-order valence-corrected chi connectivity index (χ2v) is 5.28. The van der Waals surface area contributed by atoms with Crippen molar-refractivity contribution >= 4 is 16.0 Å². The number of hydrogen-bond donors (Lipinski definition) is 0. The van der Waals surface area contributed by atoms with Crippen LogP contribution in [0, 0.1) is 0 Å². The highest BCUT2D eigenvalue weighted by Gasteiger charge is 2.22. The van der Waals surface area contributed by atoms with Gasteiger partial charge in [0.05, 0.1) is 24.2 Å². The number of nitrogens with zero attached hydrogens (tertiary/aromatic N) is 1. The standard InChI is InChI=1S/C11H15NO5S/c1-4-17-11(13)9-6-5-7-10(8-9)18(14,15)12(2)16-3/h5-8H,4H2,1-3H3. The molecule has 0 spiro atoms. The van der Waals surface area contributed by atoms with E-state index in [0.29, 0.717) is 0 Å². The lowest BCUT2D eigenvalue weighted by Crippen LogP contribution is -2.25. The number of esters is 1. The first-order valence-corrected chi connectivity index (χ1v) is 6.67. The number of hydroxylamine groups is 1. The number of carbonyl (C=O) groups is 1. The highest BCUT2D eigenvalue weighted by molar-refractivity contribution is 7.89. The third-order valence-electron chi connectivity index (χ3n) is 2.24. The monoisotopic (exact) mass is 273 g/mol. The van der Waals surface area contributed by atoms with E-state index in [4.69, 9.17) is 4.74 Å². The summed E-state index contributed by atoms with van der Waals surface area (Å²) in [7, 11) is -1.24. The summed E-state index contributed by atoms with van der Waals surface area (Å²) < 4.78 is 29.4. The maximum absolute atomic E-state index is 11.9. The van der Waals surface area contributed by atoms with Crippen LogP contribution in [-0.4, -0.2) is 39.6 Å². The minimum absolute atomic E-state index is 0.0302. The molecule has 18 heavy (non-hydrogen) atoms. The molecule has 100 valence electrons. The lowest BCUT2D eigenvalue weighted by atomic mass is 10.2. The van der Waals surface area contributed by atoms with Crippen LogP contribution in [0.15, 0.2) is 29.2 Å². The van der Waals surface area contributed by atoms with E-state index in [9.17, 15) is 13.2 Å². The topological polar surface area (TPSA) is 72.9 Å². The van der Waals surface area contributed by atoms with Gasteiger partial charge in [-0.25, -0.2) is 13.2 Å². The van der Waals surface area contributed by atoms with E-state index in [1.54, 1.807) is 6.92 Å². The summed E-state index contributed by atoms with van der Waals surface area (Å²) in [6.07, 6.45) is 0. The molecule has 6 nitrogen and oxygen atoms in total. The van der Waals surface area contributed by atoms with E-state index in [2.05, 4.69) is 4.84 Å². The summed E-state index contributed by atoms with van der Waals surface area (Å²) in [6.45, 7) is 1.91. The Morgan fingerprint density at radius 1 is 1.39 bits per heavy atom. The van der Waals surface area contributed by atoms with Crippen molar-refractivity contribution in [3.8, 4) is 0 Å². The second-order valence-electron chi connectivity index (χ2n) is 3.35. The molecule has 0 radical (unpaired) electrons. The van der Waals surface area contributed by atoms with Crippen LogP contribution in [0.2, 0.25) is 0 Å². The number of rotatable bonds is 5. The molecule has 0 aromatic heterocycles. The maximum atomic E-state index is 11.9. The van der Waals surface area contributed by atoms with Gasteiger partial charge in [0.15, 0.2) is 0 Å². The average molecular weight is 273 g/mol. The van der Waals surface area contributed by atoms with Crippen molar-refractivity contribution in [2.45, 2.75) is 11.8 Å². The Balaban J connectivity index is 3.13. The Morgan fingerprint density at radius 2 is 2.06 bits per heavy atom. The molecule has 0 aliphatic heterocycles. The molecule has 1 rings (SSSR count). The SMILES string of the molecule is CCOC(=O)c1cccc(S(=O)(=O)N(C)OC)c1. The van der Waals surface area contributed by atoms with Crippen LogP contribution in [-0.2, 0) is 19.6 Å². The zero-order chi connectivity index (χ0) is 13.8. The maximum Gasteiger partial charge on any atom is 0.338 e. The number of benzene rings is 1. The zero-order valence-electron chi connectivity index (χ0n) is 10.4. The molecule has 0 saturated carbocycles. The van der Waals surface area contributed by atoms with Crippen LogP contribution < -0.4 is 0 Å². The lowest BCUT2D eigenvalue weighted by molar-refractivity contribution is -0.0258. The van der Waals surface area contributed by atoms with Crippen LogP contribution in [0.4, 0.5) is 0 Å². The van der Waals surface area contributed by atoms with Gasteiger partial charge in [-0.1, -0.05) is 10.5 Å². The van der Waals surface area contributed by atoms with E-state index >= 15 is 0 Å². The first-order chi connectivity index (χ1) is 8.43. The highest BCUT2D eigenvalue weighted by atomic mass is 32.2. The highest BCUT2D eigenvalue weighted by Crippen LogP contribution is 2.16. The Bertz CT molecular complexity index is 526. The molecule has 0 saturated heterocycles. The van der Waals surface area contributed by atoms with Crippen molar-refractivity contribution in [1.29, 1.82) is 0 Å². The molecule has 0 amide bonds. The Kier molecular flexibility index (Phi) is 4.83. The van der Waals surface area contributed by atoms with Crippen LogP contribution in [0.3, 0.4) is 0 Å². The van der Waals surface area contributed by atoms with E-state index in [1.807, 2.05) is 0 Å². The summed E-state index contributed by atoms with van der Waals surface area (Å²) in [5, 5.41) is 0. The first kappa shape index (κ1) is 14.6. The van der Waals surface area contributed by atoms with Crippen LogP contribution in [0.5, 0.6) is 0 Å². The Morgan fingerprint density at radius 3 is 2.61 bits per heavy atom. The normalized spacial score (nSPS) is 11.6. The van der Waals surface area contributed by atoms with Gasteiger partial charge in [0.2, 0.25) is 0 Å². The van der Waals surface area contributed by atoms with Crippen molar-refractivity contribution < 1.29 is 22.8 Å². The summed E-state index contributed by atoms with van der Waals surface area (Å²) in [5.41, 5.74) is 0.183. The molecule has 0 fully saturated rings. The van der Waals surface area contributed by atoms with Gasteiger partial charge >= 0.3 is 5.97 Å². The molecular weight excluding hydrogens is 258 g/mol. The summed E-state index contributed by atoms with van der Waals surface area (Å²) in [6, 6.07) is 5.60. The van der Waals surface area contributed by atoms with Gasteiger partial charge in [-0.2, -0.15) is 0 Å². The Hall–Kier alpha value is -1.44. The molecule has 0 N–H and O–H groups in total.